The topological polar surface area (TPSA) is 102 Å². The minimum absolute atomic E-state index is 0.179. The summed E-state index contributed by atoms with van der Waals surface area (Å²) in [6.45, 7) is 0.634. The van der Waals surface area contributed by atoms with Crippen molar-refractivity contribution in [3.8, 4) is 0 Å². The molecule has 0 spiro atoms. The fourth-order valence-corrected chi connectivity index (χ4v) is 0.575. The summed E-state index contributed by atoms with van der Waals surface area (Å²) in [5.74, 6) is 0. The first-order valence-electron chi connectivity index (χ1n) is 2.07. The zero-order valence-corrected chi connectivity index (χ0v) is 5.19. The highest BCUT2D eigenvalue weighted by Crippen LogP contribution is 1.88. The fraction of sp³-hybridized carbons (Fsp3) is 1.00. The van der Waals surface area contributed by atoms with Crippen LogP contribution in [0.4, 0.5) is 0 Å². The number of rotatable bonds is 3. The average molecular weight is 139 g/mol. The zero-order valence-electron chi connectivity index (χ0n) is 4.37. The molecule has 0 aliphatic carbocycles. The Balaban J connectivity index is 3.42. The Morgan fingerprint density at radius 3 is 2.25 bits per heavy atom. The van der Waals surface area contributed by atoms with E-state index in [2.05, 4.69) is 15.6 Å². The lowest BCUT2D eigenvalue weighted by molar-refractivity contribution is -0.362. The second kappa shape index (κ2) is 2.98. The third-order valence-electron chi connectivity index (χ3n) is 0.429. The van der Waals surface area contributed by atoms with E-state index in [-0.39, 0.29) is 6.54 Å². The smallest absolute Gasteiger partial charge is 0.132 e. The molecule has 0 aromatic carbocycles. The molecule has 0 rings (SSSR count). The van der Waals surface area contributed by atoms with E-state index in [1.807, 2.05) is 0 Å². The van der Waals surface area contributed by atoms with E-state index in [1.54, 1.807) is 0 Å². The Labute approximate surface area is 48.2 Å². The summed E-state index contributed by atoms with van der Waals surface area (Å²) in [6, 6.07) is 0. The molecular weight excluding hydrogens is 130 g/mol. The third-order valence-corrected chi connectivity index (χ3v) is 0.972. The maximum absolute atomic E-state index is 9.97. The molecule has 0 fully saturated rings. The average Bonchev–Trinajstić information content (AvgIpc) is 1.59. The van der Waals surface area contributed by atoms with Crippen molar-refractivity contribution >= 4 is 10.2 Å². The summed E-state index contributed by atoms with van der Waals surface area (Å²) in [6.07, 6.45) is 0. The predicted octanol–water partition coefficient (Wildman–Crippen LogP) is -2.19. The van der Waals surface area contributed by atoms with E-state index in [9.17, 15) is 8.42 Å². The first-order valence-corrected chi connectivity index (χ1v) is 3.57. The van der Waals surface area contributed by atoms with Gasteiger partial charge in [0.15, 0.2) is 0 Å². The molecule has 0 radical (unpaired) electrons. The van der Waals surface area contributed by atoms with E-state index >= 15 is 0 Å². The van der Waals surface area contributed by atoms with Gasteiger partial charge < -0.3 is 10.5 Å². The molecule has 8 heavy (non-hydrogen) atoms. The molecule has 6 heteroatoms. The van der Waals surface area contributed by atoms with Crippen LogP contribution in [-0.2, 0) is 10.2 Å². The van der Waals surface area contributed by atoms with Crippen molar-refractivity contribution in [1.82, 2.24) is 0 Å². The maximum Gasteiger partial charge on any atom is 0.132 e. The van der Waals surface area contributed by atoms with E-state index in [1.165, 1.54) is 0 Å². The molecule has 0 heterocycles. The Kier molecular flexibility index (Phi) is 2.91. The van der Waals surface area contributed by atoms with Crippen LogP contribution in [0, 0.1) is 0 Å². The number of quaternary nitrogens is 1. The lowest BCUT2D eigenvalue weighted by Crippen LogP contribution is -2.52. The molecule has 0 saturated carbocycles. The van der Waals surface area contributed by atoms with Crippen LogP contribution in [-0.4, -0.2) is 21.5 Å². The largest absolute Gasteiger partial charge is 0.531 e. The van der Waals surface area contributed by atoms with Crippen molar-refractivity contribution in [3.63, 3.8) is 0 Å². The fourth-order valence-electron chi connectivity index (χ4n) is 0.192. The minimum Gasteiger partial charge on any atom is -0.531 e. The van der Waals surface area contributed by atoms with Crippen molar-refractivity contribution in [2.75, 3.05) is 13.1 Å². The van der Waals surface area contributed by atoms with Gasteiger partial charge in [-0.2, -0.15) is 0 Å². The second-order valence-electron chi connectivity index (χ2n) is 1.22. The first kappa shape index (κ1) is 7.83. The Hall–Kier alpha value is -0.170. The van der Waals surface area contributed by atoms with E-state index in [4.69, 9.17) is 0 Å². The summed E-state index contributed by atoms with van der Waals surface area (Å²) < 4.78 is 23.0. The van der Waals surface area contributed by atoms with Crippen LogP contribution in [0.15, 0.2) is 0 Å². The van der Waals surface area contributed by atoms with Crippen LogP contribution in [0.2, 0.25) is 0 Å². The zero-order chi connectivity index (χ0) is 6.62. The normalized spacial score (nSPS) is 11.8. The summed E-state index contributed by atoms with van der Waals surface area (Å²) in [5, 5.41) is 4.50. The third kappa shape index (κ3) is 5.83. The van der Waals surface area contributed by atoms with Gasteiger partial charge in [0.25, 0.3) is 0 Å². The van der Waals surface area contributed by atoms with Crippen molar-refractivity contribution in [2.24, 2.45) is 5.14 Å². The maximum atomic E-state index is 9.97. The molecule has 0 saturated heterocycles. The quantitative estimate of drug-likeness (QED) is 0.463. The van der Waals surface area contributed by atoms with Crippen molar-refractivity contribution in [2.45, 2.75) is 0 Å². The summed E-state index contributed by atoms with van der Waals surface area (Å²) >= 11 is 0. The number of nitrogens with zero attached hydrogens (tertiary/aromatic N) is 1. The number of nitrogens with two attached hydrogens (primary N) is 1. The molecule has 50 valence electrons. The molecule has 0 bridgehead atoms. The van der Waals surface area contributed by atoms with E-state index in [0.717, 1.165) is 0 Å². The van der Waals surface area contributed by atoms with Gasteiger partial charge in [-0.15, -0.1) is 0 Å². The van der Waals surface area contributed by atoms with Gasteiger partial charge in [0, 0.05) is 0 Å². The van der Waals surface area contributed by atoms with Gasteiger partial charge in [0.2, 0.25) is 0 Å². The Morgan fingerprint density at radius 2 is 2.12 bits per heavy atom. The SMILES string of the molecule is NS(=O)(=O)[N-]CC[NH3+]. The van der Waals surface area contributed by atoms with Crippen LogP contribution in [0.5, 0.6) is 0 Å². The summed E-state index contributed by atoms with van der Waals surface area (Å²) in [7, 11) is -3.60. The molecule has 0 atom stereocenters. The van der Waals surface area contributed by atoms with Crippen LogP contribution >= 0.6 is 0 Å². The van der Waals surface area contributed by atoms with Gasteiger partial charge in [0.05, 0.1) is 6.54 Å². The monoisotopic (exact) mass is 139 g/mol. The molecule has 5 N–H and O–H groups in total. The number of hydrogen-bond donors (Lipinski definition) is 2. The van der Waals surface area contributed by atoms with Gasteiger partial charge in [0.1, 0.15) is 10.2 Å². The minimum atomic E-state index is -3.60. The molecule has 0 aliphatic rings. The van der Waals surface area contributed by atoms with E-state index < -0.39 is 10.2 Å². The molecule has 0 unspecified atom stereocenters. The van der Waals surface area contributed by atoms with Gasteiger partial charge in [-0.1, -0.05) is 6.54 Å². The Bertz CT molecular complexity index is 139. The van der Waals surface area contributed by atoms with Crippen molar-refractivity contribution in [1.29, 1.82) is 0 Å². The lowest BCUT2D eigenvalue weighted by Gasteiger charge is -2.11. The highest BCUT2D eigenvalue weighted by Gasteiger charge is 1.81. The van der Waals surface area contributed by atoms with Crippen LogP contribution in [0.25, 0.3) is 4.72 Å². The molecule has 0 aromatic heterocycles. The van der Waals surface area contributed by atoms with Gasteiger partial charge in [-0.25, -0.2) is 13.6 Å². The second-order valence-corrected chi connectivity index (χ2v) is 2.51. The highest BCUT2D eigenvalue weighted by molar-refractivity contribution is 7.91. The molecule has 0 aromatic rings. The van der Waals surface area contributed by atoms with Crippen LogP contribution in [0.1, 0.15) is 0 Å². The van der Waals surface area contributed by atoms with Gasteiger partial charge in [-0.05, 0) is 0 Å². The van der Waals surface area contributed by atoms with Crippen LogP contribution < -0.4 is 10.9 Å². The Morgan fingerprint density at radius 1 is 1.62 bits per heavy atom. The molecular formula is C2H9N3O2S. The van der Waals surface area contributed by atoms with Gasteiger partial charge in [-0.3, -0.25) is 0 Å². The van der Waals surface area contributed by atoms with Crippen LogP contribution in [0.3, 0.4) is 0 Å². The highest BCUT2D eigenvalue weighted by atomic mass is 32.2. The standard InChI is InChI=1S/C2H8N3O2S/c3-1-2-5-8(4,6)7/h1-3H2,(H2,4,6,7)/q-1/p+1. The van der Waals surface area contributed by atoms with E-state index in [0.29, 0.717) is 6.54 Å². The predicted molar refractivity (Wildman–Crippen MR) is 29.1 cm³/mol. The summed E-state index contributed by atoms with van der Waals surface area (Å²) in [4.78, 5) is 0. The lowest BCUT2D eigenvalue weighted by atomic mass is 10.7. The molecule has 0 amide bonds. The molecule has 0 aliphatic heterocycles. The summed E-state index contributed by atoms with van der Waals surface area (Å²) in [5.41, 5.74) is 3.38. The molecule has 5 nitrogen and oxygen atoms in total. The number of hydrogen-bond acceptors (Lipinski definition) is 2. The van der Waals surface area contributed by atoms with Crippen molar-refractivity contribution in [3.05, 3.63) is 4.72 Å². The first-order chi connectivity index (χ1) is 3.56. The van der Waals surface area contributed by atoms with Crippen molar-refractivity contribution < 1.29 is 14.2 Å². The van der Waals surface area contributed by atoms with Gasteiger partial charge >= 0.3 is 0 Å².